The highest BCUT2D eigenvalue weighted by Gasteiger charge is 1.99. The van der Waals surface area contributed by atoms with Gasteiger partial charge in [0, 0.05) is 26.3 Å². The normalized spacial score (nSPS) is 9.88. The van der Waals surface area contributed by atoms with Gasteiger partial charge in [0.2, 0.25) is 0 Å². The summed E-state index contributed by atoms with van der Waals surface area (Å²) in [4.78, 5) is 7.77. The molecule has 1 aromatic heterocycles. The molecule has 1 heterocycles. The molecule has 0 atom stereocenters. The molecular weight excluding hydrogens is 222 g/mol. The zero-order chi connectivity index (χ0) is 12.3. The van der Waals surface area contributed by atoms with Gasteiger partial charge in [0.25, 0.3) is 0 Å². The molecule has 0 aromatic carbocycles. The van der Waals surface area contributed by atoms with Gasteiger partial charge < -0.3 is 14.2 Å². The standard InChI is InChI=1S/C11H15N3O3/c1-15-7-8-16-5-2-6-17-11-13-4-3-10(9-12)14-11/h3-4H,2,5-8H2,1H3. The van der Waals surface area contributed by atoms with Crippen LogP contribution in [0.3, 0.4) is 0 Å². The van der Waals surface area contributed by atoms with Crippen LogP contribution in [0.15, 0.2) is 12.3 Å². The van der Waals surface area contributed by atoms with E-state index in [1.807, 2.05) is 6.07 Å². The Balaban J connectivity index is 2.12. The number of nitrogens with zero attached hydrogens (tertiary/aromatic N) is 3. The fourth-order valence-corrected chi connectivity index (χ4v) is 1.04. The predicted molar refractivity (Wildman–Crippen MR) is 59.6 cm³/mol. The summed E-state index contributed by atoms with van der Waals surface area (Å²) in [7, 11) is 1.63. The zero-order valence-corrected chi connectivity index (χ0v) is 9.76. The smallest absolute Gasteiger partial charge is 0.317 e. The molecule has 0 saturated carbocycles. The molecule has 0 bridgehead atoms. The van der Waals surface area contributed by atoms with E-state index in [0.717, 1.165) is 6.42 Å². The summed E-state index contributed by atoms with van der Waals surface area (Å²) in [5, 5.41) is 8.63. The Morgan fingerprint density at radius 1 is 1.29 bits per heavy atom. The zero-order valence-electron chi connectivity index (χ0n) is 9.76. The largest absolute Gasteiger partial charge is 0.463 e. The van der Waals surface area contributed by atoms with Crippen molar-refractivity contribution in [1.82, 2.24) is 9.97 Å². The summed E-state index contributed by atoms with van der Waals surface area (Å²) in [6, 6.07) is 3.67. The van der Waals surface area contributed by atoms with Crippen molar-refractivity contribution in [2.24, 2.45) is 0 Å². The van der Waals surface area contributed by atoms with Crippen molar-refractivity contribution < 1.29 is 14.2 Å². The average Bonchev–Trinajstić information content (AvgIpc) is 2.38. The van der Waals surface area contributed by atoms with Crippen LogP contribution in [0.2, 0.25) is 0 Å². The fraction of sp³-hybridized carbons (Fsp3) is 0.545. The monoisotopic (exact) mass is 237 g/mol. The lowest BCUT2D eigenvalue weighted by atomic mass is 10.4. The van der Waals surface area contributed by atoms with E-state index in [-0.39, 0.29) is 6.01 Å². The van der Waals surface area contributed by atoms with Gasteiger partial charge in [-0.25, -0.2) is 4.98 Å². The highest BCUT2D eigenvalue weighted by Crippen LogP contribution is 2.02. The second-order valence-electron chi connectivity index (χ2n) is 3.14. The third kappa shape index (κ3) is 5.80. The van der Waals surface area contributed by atoms with Crippen LogP contribution in [0.4, 0.5) is 0 Å². The molecule has 0 unspecified atom stereocenters. The molecule has 0 aliphatic rings. The average molecular weight is 237 g/mol. The first-order valence-corrected chi connectivity index (χ1v) is 5.29. The summed E-state index contributed by atoms with van der Waals surface area (Å²) in [6.45, 7) is 2.23. The van der Waals surface area contributed by atoms with Gasteiger partial charge in [-0.1, -0.05) is 0 Å². The third-order valence-corrected chi connectivity index (χ3v) is 1.84. The minimum atomic E-state index is 0.223. The summed E-state index contributed by atoms with van der Waals surface area (Å²) >= 11 is 0. The van der Waals surface area contributed by atoms with Crippen LogP contribution in [-0.4, -0.2) is 43.5 Å². The maximum Gasteiger partial charge on any atom is 0.317 e. The first-order valence-electron chi connectivity index (χ1n) is 5.29. The van der Waals surface area contributed by atoms with E-state index < -0.39 is 0 Å². The molecular formula is C11H15N3O3. The number of aromatic nitrogens is 2. The van der Waals surface area contributed by atoms with E-state index in [0.29, 0.717) is 32.1 Å². The fourth-order valence-electron chi connectivity index (χ4n) is 1.04. The van der Waals surface area contributed by atoms with Gasteiger partial charge in [0.05, 0.1) is 19.8 Å². The lowest BCUT2D eigenvalue weighted by Gasteiger charge is -2.05. The molecule has 0 amide bonds. The molecule has 92 valence electrons. The molecule has 0 radical (unpaired) electrons. The summed E-state index contributed by atoms with van der Waals surface area (Å²) in [5.41, 5.74) is 0.298. The molecule has 17 heavy (non-hydrogen) atoms. The summed E-state index contributed by atoms with van der Waals surface area (Å²) < 4.78 is 15.4. The van der Waals surface area contributed by atoms with Gasteiger partial charge >= 0.3 is 6.01 Å². The van der Waals surface area contributed by atoms with Crippen LogP contribution < -0.4 is 4.74 Å². The molecule has 0 saturated heterocycles. The number of nitriles is 1. The number of ether oxygens (including phenoxy) is 3. The third-order valence-electron chi connectivity index (χ3n) is 1.84. The molecule has 0 aliphatic carbocycles. The van der Waals surface area contributed by atoms with Gasteiger partial charge in [-0.05, 0) is 6.07 Å². The quantitative estimate of drug-likeness (QED) is 0.622. The van der Waals surface area contributed by atoms with Crippen LogP contribution in [0.5, 0.6) is 6.01 Å². The molecule has 0 N–H and O–H groups in total. The molecule has 1 aromatic rings. The highest BCUT2D eigenvalue weighted by atomic mass is 16.5. The van der Waals surface area contributed by atoms with Gasteiger partial charge in [-0.2, -0.15) is 10.2 Å². The topological polar surface area (TPSA) is 77.3 Å². The lowest BCUT2D eigenvalue weighted by Crippen LogP contribution is -2.08. The SMILES string of the molecule is COCCOCCCOc1nccc(C#N)n1. The molecule has 0 aliphatic heterocycles. The Bertz CT molecular complexity index is 365. The Labute approximate surface area is 100 Å². The Morgan fingerprint density at radius 3 is 2.94 bits per heavy atom. The Kier molecular flexibility index (Phi) is 6.63. The van der Waals surface area contributed by atoms with E-state index in [9.17, 15) is 0 Å². The summed E-state index contributed by atoms with van der Waals surface area (Å²) in [5.74, 6) is 0. The minimum absolute atomic E-state index is 0.223. The van der Waals surface area contributed by atoms with Crippen molar-refractivity contribution in [1.29, 1.82) is 5.26 Å². The van der Waals surface area contributed by atoms with E-state index in [2.05, 4.69) is 9.97 Å². The Morgan fingerprint density at radius 2 is 2.18 bits per heavy atom. The number of hydrogen-bond acceptors (Lipinski definition) is 6. The predicted octanol–water partition coefficient (Wildman–Crippen LogP) is 0.780. The van der Waals surface area contributed by atoms with Gasteiger partial charge in [0.1, 0.15) is 11.8 Å². The molecule has 6 nitrogen and oxygen atoms in total. The van der Waals surface area contributed by atoms with Gasteiger partial charge in [-0.3, -0.25) is 0 Å². The second kappa shape index (κ2) is 8.44. The van der Waals surface area contributed by atoms with Crippen molar-refractivity contribution >= 4 is 0 Å². The maximum absolute atomic E-state index is 8.63. The highest BCUT2D eigenvalue weighted by molar-refractivity contribution is 5.19. The second-order valence-corrected chi connectivity index (χ2v) is 3.14. The molecule has 6 heteroatoms. The van der Waals surface area contributed by atoms with E-state index in [4.69, 9.17) is 19.5 Å². The van der Waals surface area contributed by atoms with Gasteiger partial charge in [0.15, 0.2) is 0 Å². The van der Waals surface area contributed by atoms with Crippen molar-refractivity contribution in [3.05, 3.63) is 18.0 Å². The van der Waals surface area contributed by atoms with Crippen molar-refractivity contribution in [3.63, 3.8) is 0 Å². The van der Waals surface area contributed by atoms with E-state index >= 15 is 0 Å². The molecule has 1 rings (SSSR count). The van der Waals surface area contributed by atoms with Gasteiger partial charge in [-0.15, -0.1) is 0 Å². The number of methoxy groups -OCH3 is 1. The van der Waals surface area contributed by atoms with Crippen LogP contribution in [0.1, 0.15) is 12.1 Å². The van der Waals surface area contributed by atoms with Crippen LogP contribution in [0.25, 0.3) is 0 Å². The molecule has 0 fully saturated rings. The molecule has 0 spiro atoms. The van der Waals surface area contributed by atoms with Crippen molar-refractivity contribution in [2.75, 3.05) is 33.5 Å². The van der Waals surface area contributed by atoms with Crippen LogP contribution >= 0.6 is 0 Å². The van der Waals surface area contributed by atoms with Crippen molar-refractivity contribution in [2.45, 2.75) is 6.42 Å². The van der Waals surface area contributed by atoms with Crippen molar-refractivity contribution in [3.8, 4) is 12.1 Å². The number of rotatable bonds is 8. The van der Waals surface area contributed by atoms with E-state index in [1.54, 1.807) is 7.11 Å². The van der Waals surface area contributed by atoms with Crippen LogP contribution in [0, 0.1) is 11.3 Å². The van der Waals surface area contributed by atoms with E-state index in [1.165, 1.54) is 12.3 Å². The van der Waals surface area contributed by atoms with Crippen LogP contribution in [-0.2, 0) is 9.47 Å². The Hall–Kier alpha value is -1.71. The first kappa shape index (κ1) is 13.4. The first-order chi connectivity index (χ1) is 8.36. The lowest BCUT2D eigenvalue weighted by molar-refractivity contribution is 0.0639. The maximum atomic E-state index is 8.63. The summed E-state index contributed by atoms with van der Waals surface area (Å²) in [6.07, 6.45) is 2.24. The minimum Gasteiger partial charge on any atom is -0.463 e. The number of hydrogen-bond donors (Lipinski definition) is 0.